The maximum atomic E-state index is 4.68. The van der Waals surface area contributed by atoms with Crippen molar-refractivity contribution in [3.05, 3.63) is 59.7 Å². The fraction of sp³-hybridized carbons (Fsp3) is 0.188. The second kappa shape index (κ2) is 5.35. The topological polar surface area (TPSA) is 12.9 Å². The van der Waals surface area contributed by atoms with Crippen LogP contribution in [0.25, 0.3) is 10.2 Å². The first-order chi connectivity index (χ1) is 9.22. The molecule has 0 aliphatic rings. The average molecular weight is 285 g/mol. The Labute approximate surface area is 121 Å². The number of hydrogen-bond acceptors (Lipinski definition) is 3. The Morgan fingerprint density at radius 1 is 1.05 bits per heavy atom. The van der Waals surface area contributed by atoms with Gasteiger partial charge in [0.1, 0.15) is 0 Å². The molecule has 0 N–H and O–H groups in total. The minimum absolute atomic E-state index is 0.432. The quantitative estimate of drug-likeness (QED) is 0.593. The van der Waals surface area contributed by atoms with Gasteiger partial charge in [-0.05, 0) is 31.5 Å². The third-order valence-electron chi connectivity index (χ3n) is 3.10. The van der Waals surface area contributed by atoms with Gasteiger partial charge in [-0.15, -0.1) is 11.3 Å². The van der Waals surface area contributed by atoms with Crippen LogP contribution in [0.5, 0.6) is 0 Å². The lowest BCUT2D eigenvalue weighted by Crippen LogP contribution is -1.87. The van der Waals surface area contributed by atoms with Gasteiger partial charge in [0.05, 0.1) is 10.2 Å². The van der Waals surface area contributed by atoms with Crippen LogP contribution < -0.4 is 0 Å². The van der Waals surface area contributed by atoms with Crippen LogP contribution in [0.15, 0.2) is 52.9 Å². The first kappa shape index (κ1) is 12.7. The SMILES string of the molecule is Cc1ccc(C(C)Sc2nc3ccccc3s2)cc1. The van der Waals surface area contributed by atoms with Crippen LogP contribution in [-0.4, -0.2) is 4.98 Å². The normalized spacial score (nSPS) is 12.7. The van der Waals surface area contributed by atoms with Gasteiger partial charge in [-0.1, -0.05) is 53.7 Å². The van der Waals surface area contributed by atoms with Gasteiger partial charge >= 0.3 is 0 Å². The molecule has 1 atom stereocenters. The summed E-state index contributed by atoms with van der Waals surface area (Å²) in [7, 11) is 0. The van der Waals surface area contributed by atoms with E-state index >= 15 is 0 Å². The molecular weight excluding hydrogens is 270 g/mol. The maximum absolute atomic E-state index is 4.68. The summed E-state index contributed by atoms with van der Waals surface area (Å²) in [6.07, 6.45) is 0. The van der Waals surface area contributed by atoms with Crippen LogP contribution in [0.1, 0.15) is 23.3 Å². The van der Waals surface area contributed by atoms with E-state index in [2.05, 4.69) is 61.3 Å². The van der Waals surface area contributed by atoms with E-state index in [0.29, 0.717) is 5.25 Å². The number of rotatable bonds is 3. The van der Waals surface area contributed by atoms with E-state index in [0.717, 1.165) is 9.86 Å². The largest absolute Gasteiger partial charge is 0.230 e. The molecule has 1 nitrogen and oxygen atoms in total. The minimum Gasteiger partial charge on any atom is -0.230 e. The highest BCUT2D eigenvalue weighted by Gasteiger charge is 2.10. The van der Waals surface area contributed by atoms with Gasteiger partial charge < -0.3 is 0 Å². The summed E-state index contributed by atoms with van der Waals surface area (Å²) < 4.78 is 2.41. The first-order valence-corrected chi connectivity index (χ1v) is 8.01. The summed E-state index contributed by atoms with van der Waals surface area (Å²) in [5.74, 6) is 0. The van der Waals surface area contributed by atoms with Crippen LogP contribution in [-0.2, 0) is 0 Å². The monoisotopic (exact) mass is 285 g/mol. The van der Waals surface area contributed by atoms with E-state index in [-0.39, 0.29) is 0 Å². The number of thiazole rings is 1. The molecule has 1 unspecified atom stereocenters. The fourth-order valence-corrected chi connectivity index (χ4v) is 4.30. The molecule has 0 spiro atoms. The van der Waals surface area contributed by atoms with Crippen molar-refractivity contribution >= 4 is 33.3 Å². The predicted molar refractivity (Wildman–Crippen MR) is 85.1 cm³/mol. The zero-order chi connectivity index (χ0) is 13.2. The zero-order valence-electron chi connectivity index (χ0n) is 11.0. The van der Waals surface area contributed by atoms with Gasteiger partial charge in [-0.2, -0.15) is 0 Å². The third kappa shape index (κ3) is 2.82. The molecular formula is C16H15NS2. The van der Waals surface area contributed by atoms with Crippen LogP contribution in [0.3, 0.4) is 0 Å². The van der Waals surface area contributed by atoms with Gasteiger partial charge in [-0.3, -0.25) is 0 Å². The molecule has 3 aromatic rings. The van der Waals surface area contributed by atoms with Crippen LogP contribution in [0.2, 0.25) is 0 Å². The number of nitrogens with zero attached hydrogens (tertiary/aromatic N) is 1. The lowest BCUT2D eigenvalue weighted by atomic mass is 10.1. The van der Waals surface area contributed by atoms with Gasteiger partial charge in [0.25, 0.3) is 0 Å². The Hall–Kier alpha value is -1.32. The third-order valence-corrected chi connectivity index (χ3v) is 5.39. The van der Waals surface area contributed by atoms with Crippen LogP contribution >= 0.6 is 23.1 Å². The van der Waals surface area contributed by atoms with E-state index in [1.165, 1.54) is 15.8 Å². The maximum Gasteiger partial charge on any atom is 0.151 e. The smallest absolute Gasteiger partial charge is 0.151 e. The predicted octanol–water partition coefficient (Wildman–Crippen LogP) is 5.46. The van der Waals surface area contributed by atoms with Crippen molar-refractivity contribution in [1.82, 2.24) is 4.98 Å². The second-order valence-electron chi connectivity index (χ2n) is 4.62. The van der Waals surface area contributed by atoms with Crippen molar-refractivity contribution in [3.8, 4) is 0 Å². The first-order valence-electron chi connectivity index (χ1n) is 6.31. The molecule has 0 radical (unpaired) electrons. The molecule has 0 amide bonds. The minimum atomic E-state index is 0.432. The average Bonchev–Trinajstić information content (AvgIpc) is 2.81. The summed E-state index contributed by atoms with van der Waals surface area (Å²) in [5.41, 5.74) is 3.77. The zero-order valence-corrected chi connectivity index (χ0v) is 12.6. The van der Waals surface area contributed by atoms with Crippen molar-refractivity contribution in [2.75, 3.05) is 0 Å². The summed E-state index contributed by atoms with van der Waals surface area (Å²) >= 11 is 3.61. The van der Waals surface area contributed by atoms with E-state index in [4.69, 9.17) is 0 Å². The van der Waals surface area contributed by atoms with E-state index < -0.39 is 0 Å². The Bertz CT molecular complexity index is 652. The lowest BCUT2D eigenvalue weighted by Gasteiger charge is -2.09. The second-order valence-corrected chi connectivity index (χ2v) is 7.24. The van der Waals surface area contributed by atoms with Crippen molar-refractivity contribution in [1.29, 1.82) is 0 Å². The van der Waals surface area contributed by atoms with Crippen LogP contribution in [0, 0.1) is 6.92 Å². The number of fused-ring (bicyclic) bond motifs is 1. The molecule has 1 aromatic heterocycles. The molecule has 0 aliphatic carbocycles. The molecule has 3 rings (SSSR count). The highest BCUT2D eigenvalue weighted by molar-refractivity contribution is 8.01. The summed E-state index contributed by atoms with van der Waals surface area (Å²) in [4.78, 5) is 4.68. The molecule has 96 valence electrons. The lowest BCUT2D eigenvalue weighted by molar-refractivity contribution is 1.09. The van der Waals surface area contributed by atoms with E-state index in [1.807, 2.05) is 17.8 Å². The molecule has 0 saturated carbocycles. The molecule has 0 saturated heterocycles. The number of aromatic nitrogens is 1. The molecule has 19 heavy (non-hydrogen) atoms. The van der Waals surface area contributed by atoms with Crippen molar-refractivity contribution in [2.45, 2.75) is 23.4 Å². The Morgan fingerprint density at radius 3 is 2.53 bits per heavy atom. The Morgan fingerprint density at radius 2 is 1.79 bits per heavy atom. The number of para-hydroxylation sites is 1. The summed E-state index contributed by atoms with van der Waals surface area (Å²) in [6.45, 7) is 4.36. The number of hydrogen-bond donors (Lipinski definition) is 0. The number of benzene rings is 2. The highest BCUT2D eigenvalue weighted by atomic mass is 32.2. The number of aryl methyl sites for hydroxylation is 1. The van der Waals surface area contributed by atoms with Crippen molar-refractivity contribution in [2.24, 2.45) is 0 Å². The highest BCUT2D eigenvalue weighted by Crippen LogP contribution is 2.38. The Balaban J connectivity index is 1.82. The van der Waals surface area contributed by atoms with Gasteiger partial charge in [0.15, 0.2) is 4.34 Å². The standard InChI is InChI=1S/C16H15NS2/c1-11-7-9-13(10-8-11)12(2)18-16-17-14-5-3-4-6-15(14)19-16/h3-10,12H,1-2H3. The van der Waals surface area contributed by atoms with Crippen LogP contribution in [0.4, 0.5) is 0 Å². The molecule has 2 aromatic carbocycles. The molecule has 0 fully saturated rings. The van der Waals surface area contributed by atoms with Gasteiger partial charge in [-0.25, -0.2) is 4.98 Å². The number of thioether (sulfide) groups is 1. The molecule has 0 bridgehead atoms. The summed E-state index contributed by atoms with van der Waals surface area (Å²) in [5, 5.41) is 0.432. The van der Waals surface area contributed by atoms with E-state index in [9.17, 15) is 0 Å². The molecule has 3 heteroatoms. The van der Waals surface area contributed by atoms with Crippen molar-refractivity contribution < 1.29 is 0 Å². The van der Waals surface area contributed by atoms with Gasteiger partial charge in [0.2, 0.25) is 0 Å². The van der Waals surface area contributed by atoms with E-state index in [1.54, 1.807) is 11.3 Å². The Kier molecular flexibility index (Phi) is 3.58. The van der Waals surface area contributed by atoms with Gasteiger partial charge in [0, 0.05) is 5.25 Å². The molecule has 0 aliphatic heterocycles. The van der Waals surface area contributed by atoms with Crippen molar-refractivity contribution in [3.63, 3.8) is 0 Å². The fourth-order valence-electron chi connectivity index (χ4n) is 1.96. The summed E-state index contributed by atoms with van der Waals surface area (Å²) in [6, 6.07) is 17.1. The molecule has 1 heterocycles.